The van der Waals surface area contributed by atoms with Crippen LogP contribution < -0.4 is 4.90 Å². The number of nitrogens with zero attached hydrogens (tertiary/aromatic N) is 3. The average Bonchev–Trinajstić information content (AvgIpc) is 3.03. The van der Waals surface area contributed by atoms with Crippen LogP contribution in [-0.4, -0.2) is 34.7 Å². The van der Waals surface area contributed by atoms with E-state index in [-0.39, 0.29) is 12.1 Å². The van der Waals surface area contributed by atoms with E-state index in [1.165, 1.54) is 5.56 Å². The number of aryl methyl sites for hydroxylation is 3. The first-order valence-electron chi connectivity index (χ1n) is 7.33. The third-order valence-electron chi connectivity index (χ3n) is 4.25. The van der Waals surface area contributed by atoms with Crippen molar-refractivity contribution in [2.24, 2.45) is 0 Å². The predicted molar refractivity (Wildman–Crippen MR) is 82.5 cm³/mol. The van der Waals surface area contributed by atoms with Crippen LogP contribution in [0.25, 0.3) is 0 Å². The number of aromatic amines is 1. The summed E-state index contributed by atoms with van der Waals surface area (Å²) in [5, 5.41) is 0. The predicted octanol–water partition coefficient (Wildman–Crippen LogP) is 2.70. The molecule has 1 aliphatic rings. The van der Waals surface area contributed by atoms with Gasteiger partial charge in [0.05, 0.1) is 17.8 Å². The lowest BCUT2D eigenvalue weighted by Gasteiger charge is -2.24. The number of hydrogen-bond acceptors (Lipinski definition) is 4. The number of hydrogen-bond donors (Lipinski definition) is 1. The Kier molecular flexibility index (Phi) is 3.68. The van der Waals surface area contributed by atoms with Gasteiger partial charge in [0.2, 0.25) is 0 Å². The normalized spacial score (nSPS) is 22.0. The van der Waals surface area contributed by atoms with Crippen molar-refractivity contribution in [2.45, 2.75) is 39.3 Å². The van der Waals surface area contributed by atoms with Gasteiger partial charge < -0.3 is 14.6 Å². The van der Waals surface area contributed by atoms with E-state index < -0.39 is 0 Å². The van der Waals surface area contributed by atoms with Gasteiger partial charge in [0.1, 0.15) is 11.6 Å². The lowest BCUT2D eigenvalue weighted by Crippen LogP contribution is -2.26. The van der Waals surface area contributed by atoms with Crippen molar-refractivity contribution in [1.29, 1.82) is 0 Å². The van der Waals surface area contributed by atoms with Gasteiger partial charge in [0.25, 0.3) is 0 Å². The summed E-state index contributed by atoms with van der Waals surface area (Å²) in [5.41, 5.74) is 3.40. The molecule has 112 valence electrons. The molecule has 5 heteroatoms. The van der Waals surface area contributed by atoms with Crippen LogP contribution in [0.5, 0.6) is 0 Å². The second kappa shape index (κ2) is 5.48. The van der Waals surface area contributed by atoms with Gasteiger partial charge in [-0.25, -0.2) is 9.97 Å². The summed E-state index contributed by atoms with van der Waals surface area (Å²) >= 11 is 0. The van der Waals surface area contributed by atoms with Gasteiger partial charge in [0.15, 0.2) is 0 Å². The third kappa shape index (κ3) is 2.65. The highest BCUT2D eigenvalue weighted by atomic mass is 16.5. The van der Waals surface area contributed by atoms with Crippen molar-refractivity contribution in [3.8, 4) is 0 Å². The van der Waals surface area contributed by atoms with Crippen LogP contribution >= 0.6 is 0 Å². The van der Waals surface area contributed by atoms with Gasteiger partial charge in [0, 0.05) is 32.0 Å². The molecule has 2 aromatic heterocycles. The molecule has 3 heterocycles. The summed E-state index contributed by atoms with van der Waals surface area (Å²) in [6.07, 6.45) is 3.00. The van der Waals surface area contributed by atoms with Crippen molar-refractivity contribution in [2.75, 3.05) is 18.6 Å². The number of nitrogens with one attached hydrogen (secondary N) is 1. The molecule has 2 aromatic rings. The Balaban J connectivity index is 1.96. The third-order valence-corrected chi connectivity index (χ3v) is 4.25. The summed E-state index contributed by atoms with van der Waals surface area (Å²) in [6.45, 7) is 7.03. The Hall–Kier alpha value is -1.88. The zero-order valence-electron chi connectivity index (χ0n) is 13.1. The largest absolute Gasteiger partial charge is 0.380 e. The van der Waals surface area contributed by atoms with E-state index in [0.29, 0.717) is 0 Å². The van der Waals surface area contributed by atoms with Crippen LogP contribution in [0.2, 0.25) is 0 Å². The molecule has 1 aliphatic heterocycles. The van der Waals surface area contributed by atoms with Gasteiger partial charge in [-0.1, -0.05) is 0 Å². The first-order valence-corrected chi connectivity index (χ1v) is 7.33. The van der Waals surface area contributed by atoms with Crippen molar-refractivity contribution < 1.29 is 4.74 Å². The van der Waals surface area contributed by atoms with E-state index in [1.54, 1.807) is 7.11 Å². The number of aromatic nitrogens is 3. The van der Waals surface area contributed by atoms with Crippen LogP contribution in [0.1, 0.15) is 35.2 Å². The number of anilines is 1. The molecule has 0 unspecified atom stereocenters. The van der Waals surface area contributed by atoms with Gasteiger partial charge in [-0.3, -0.25) is 0 Å². The van der Waals surface area contributed by atoms with Gasteiger partial charge in [-0.2, -0.15) is 0 Å². The molecular weight excluding hydrogens is 264 g/mol. The number of imidazole rings is 1. The lowest BCUT2D eigenvalue weighted by atomic mass is 10.2. The highest BCUT2D eigenvalue weighted by Gasteiger charge is 2.36. The zero-order chi connectivity index (χ0) is 15.0. The molecule has 1 saturated heterocycles. The van der Waals surface area contributed by atoms with E-state index >= 15 is 0 Å². The monoisotopic (exact) mass is 286 g/mol. The second-order valence-electron chi connectivity index (χ2n) is 5.79. The Morgan fingerprint density at radius 1 is 1.33 bits per heavy atom. The van der Waals surface area contributed by atoms with Gasteiger partial charge >= 0.3 is 0 Å². The first kappa shape index (κ1) is 14.1. The summed E-state index contributed by atoms with van der Waals surface area (Å²) in [7, 11) is 1.77. The van der Waals surface area contributed by atoms with Crippen molar-refractivity contribution in [3.05, 3.63) is 41.1 Å². The molecule has 5 nitrogen and oxygen atoms in total. The van der Waals surface area contributed by atoms with Crippen LogP contribution in [0.4, 0.5) is 5.82 Å². The number of methoxy groups -OCH3 is 1. The first-order chi connectivity index (χ1) is 10.1. The van der Waals surface area contributed by atoms with E-state index in [1.807, 2.05) is 19.2 Å². The highest BCUT2D eigenvalue weighted by molar-refractivity contribution is 5.45. The summed E-state index contributed by atoms with van der Waals surface area (Å²) < 4.78 is 5.57. The smallest absolute Gasteiger partial charge is 0.129 e. The highest BCUT2D eigenvalue weighted by Crippen LogP contribution is 2.35. The number of rotatable bonds is 3. The van der Waals surface area contributed by atoms with E-state index in [2.05, 4.69) is 39.8 Å². The molecule has 1 fully saturated rings. The maximum absolute atomic E-state index is 5.57. The molecule has 0 aromatic carbocycles. The second-order valence-corrected chi connectivity index (χ2v) is 5.79. The minimum absolute atomic E-state index is 0.191. The maximum Gasteiger partial charge on any atom is 0.129 e. The van der Waals surface area contributed by atoms with Crippen molar-refractivity contribution in [1.82, 2.24) is 15.0 Å². The topological polar surface area (TPSA) is 54.0 Å². The Labute approximate surface area is 125 Å². The number of H-pyrrole nitrogens is 1. The molecule has 2 atom stereocenters. The molecule has 3 rings (SSSR count). The van der Waals surface area contributed by atoms with Crippen molar-refractivity contribution in [3.63, 3.8) is 0 Å². The molecule has 0 saturated carbocycles. The fourth-order valence-corrected chi connectivity index (χ4v) is 2.89. The fourth-order valence-electron chi connectivity index (χ4n) is 2.89. The van der Waals surface area contributed by atoms with Crippen LogP contribution in [-0.2, 0) is 4.74 Å². The minimum atomic E-state index is 0.191. The van der Waals surface area contributed by atoms with Crippen LogP contribution in [0.3, 0.4) is 0 Å². The molecule has 0 spiro atoms. The maximum atomic E-state index is 5.57. The summed E-state index contributed by atoms with van der Waals surface area (Å²) in [5.74, 6) is 2.00. The van der Waals surface area contributed by atoms with E-state index in [9.17, 15) is 0 Å². The standard InChI is InChI=1S/C16H22N4O/c1-10-5-6-17-15(7-10)20-9-13(21-4)8-14(20)16-18-11(2)12(3)19-16/h5-7,13-14H,8-9H2,1-4H3,(H,18,19)/t13-,14+/m1/s1. The number of ether oxygens (including phenoxy) is 1. The Morgan fingerprint density at radius 2 is 2.14 bits per heavy atom. The average molecular weight is 286 g/mol. The summed E-state index contributed by atoms with van der Waals surface area (Å²) in [4.78, 5) is 14.9. The fraction of sp³-hybridized carbons (Fsp3) is 0.500. The van der Waals surface area contributed by atoms with Crippen molar-refractivity contribution >= 4 is 5.82 Å². The molecule has 21 heavy (non-hydrogen) atoms. The van der Waals surface area contributed by atoms with Crippen LogP contribution in [0, 0.1) is 20.8 Å². The molecule has 0 radical (unpaired) electrons. The zero-order valence-corrected chi connectivity index (χ0v) is 13.1. The van der Waals surface area contributed by atoms with E-state index in [4.69, 9.17) is 4.74 Å². The molecule has 0 amide bonds. The van der Waals surface area contributed by atoms with E-state index in [0.717, 1.165) is 36.0 Å². The molecule has 0 bridgehead atoms. The summed E-state index contributed by atoms with van der Waals surface area (Å²) in [6, 6.07) is 4.33. The minimum Gasteiger partial charge on any atom is -0.380 e. The quantitative estimate of drug-likeness (QED) is 0.942. The molecule has 1 N–H and O–H groups in total. The van der Waals surface area contributed by atoms with Gasteiger partial charge in [-0.05, 0) is 38.5 Å². The Bertz CT molecular complexity index is 617. The SMILES string of the molecule is CO[C@@H]1C[C@@H](c2nc(C)c(C)[nH]2)N(c2cc(C)ccn2)C1. The Morgan fingerprint density at radius 3 is 2.76 bits per heavy atom. The van der Waals surface area contributed by atoms with Crippen LogP contribution in [0.15, 0.2) is 18.3 Å². The van der Waals surface area contributed by atoms with Gasteiger partial charge in [-0.15, -0.1) is 0 Å². The lowest BCUT2D eigenvalue weighted by molar-refractivity contribution is 0.118. The molecule has 0 aliphatic carbocycles. The number of pyridine rings is 1. The molecular formula is C16H22N4O.